The molecule has 1 aromatic carbocycles. The van der Waals surface area contributed by atoms with Crippen molar-refractivity contribution >= 4 is 33.8 Å². The Morgan fingerprint density at radius 3 is 2.58 bits per heavy atom. The number of likely N-dealkylation sites (tertiary alicyclic amines) is 1. The lowest BCUT2D eigenvalue weighted by Crippen LogP contribution is -2.41. The molecule has 3 heterocycles. The fourth-order valence-electron chi connectivity index (χ4n) is 3.87. The van der Waals surface area contributed by atoms with Crippen molar-refractivity contribution < 1.29 is 9.59 Å². The third-order valence-electron chi connectivity index (χ3n) is 5.36. The molecule has 0 aliphatic carbocycles. The maximum Gasteiger partial charge on any atom is 0.263 e. The zero-order valence-electron chi connectivity index (χ0n) is 14.7. The van der Waals surface area contributed by atoms with Crippen LogP contribution in [0.5, 0.6) is 0 Å². The maximum atomic E-state index is 12.8. The summed E-state index contributed by atoms with van der Waals surface area (Å²) in [6.45, 7) is 2.19. The van der Waals surface area contributed by atoms with Crippen LogP contribution in [0.4, 0.5) is 10.7 Å². The Morgan fingerprint density at radius 1 is 1.04 bits per heavy atom. The second-order valence-corrected chi connectivity index (χ2v) is 8.05. The van der Waals surface area contributed by atoms with Gasteiger partial charge in [0.2, 0.25) is 5.91 Å². The SMILES string of the molecule is NC(=O)C1CCN(C(=O)c2ccc(N3CCCc4ccccc43)s2)CC1. The van der Waals surface area contributed by atoms with Crippen LogP contribution in [0.25, 0.3) is 0 Å². The van der Waals surface area contributed by atoms with Gasteiger partial charge in [0, 0.05) is 31.2 Å². The van der Waals surface area contributed by atoms with Crippen molar-refractivity contribution in [3.05, 3.63) is 46.8 Å². The van der Waals surface area contributed by atoms with Gasteiger partial charge in [0.15, 0.2) is 0 Å². The van der Waals surface area contributed by atoms with Gasteiger partial charge in [-0.15, -0.1) is 11.3 Å². The molecular formula is C20H23N3O2S. The Morgan fingerprint density at radius 2 is 1.81 bits per heavy atom. The minimum atomic E-state index is -0.251. The molecule has 2 aliphatic rings. The number of hydrogen-bond donors (Lipinski definition) is 1. The number of primary amides is 1. The van der Waals surface area contributed by atoms with Crippen LogP contribution in [0.3, 0.4) is 0 Å². The van der Waals surface area contributed by atoms with E-state index in [1.54, 1.807) is 11.3 Å². The molecule has 136 valence electrons. The van der Waals surface area contributed by atoms with Gasteiger partial charge in [0.1, 0.15) is 0 Å². The smallest absolute Gasteiger partial charge is 0.263 e. The van der Waals surface area contributed by atoms with Crippen molar-refractivity contribution in [2.75, 3.05) is 24.5 Å². The zero-order chi connectivity index (χ0) is 18.1. The van der Waals surface area contributed by atoms with Crippen LogP contribution in [0, 0.1) is 5.92 Å². The fraction of sp³-hybridized carbons (Fsp3) is 0.400. The number of para-hydroxylation sites is 1. The minimum Gasteiger partial charge on any atom is -0.369 e. The summed E-state index contributed by atoms with van der Waals surface area (Å²) in [5, 5.41) is 1.12. The Labute approximate surface area is 157 Å². The predicted molar refractivity (Wildman–Crippen MR) is 104 cm³/mol. The number of hydrogen-bond acceptors (Lipinski definition) is 4. The highest BCUT2D eigenvalue weighted by Crippen LogP contribution is 2.37. The van der Waals surface area contributed by atoms with Gasteiger partial charge in [-0.05, 0) is 49.4 Å². The molecule has 1 saturated heterocycles. The quantitative estimate of drug-likeness (QED) is 0.904. The van der Waals surface area contributed by atoms with E-state index >= 15 is 0 Å². The van der Waals surface area contributed by atoms with E-state index in [2.05, 4.69) is 35.2 Å². The van der Waals surface area contributed by atoms with E-state index in [9.17, 15) is 9.59 Å². The monoisotopic (exact) mass is 369 g/mol. The number of anilines is 2. The van der Waals surface area contributed by atoms with Gasteiger partial charge < -0.3 is 15.5 Å². The Hall–Kier alpha value is -2.34. The van der Waals surface area contributed by atoms with Crippen molar-refractivity contribution in [3.63, 3.8) is 0 Å². The van der Waals surface area contributed by atoms with E-state index in [0.29, 0.717) is 25.9 Å². The van der Waals surface area contributed by atoms with Gasteiger partial charge in [-0.1, -0.05) is 18.2 Å². The summed E-state index contributed by atoms with van der Waals surface area (Å²) in [7, 11) is 0. The molecule has 5 nitrogen and oxygen atoms in total. The molecule has 2 amide bonds. The van der Waals surface area contributed by atoms with Crippen LogP contribution >= 0.6 is 11.3 Å². The average molecular weight is 369 g/mol. The number of thiophene rings is 1. The van der Waals surface area contributed by atoms with Gasteiger partial charge in [-0.3, -0.25) is 9.59 Å². The van der Waals surface area contributed by atoms with Crippen LogP contribution < -0.4 is 10.6 Å². The Balaban J connectivity index is 1.49. The number of carbonyl (C=O) groups excluding carboxylic acids is 2. The normalized spacial score (nSPS) is 17.8. The number of fused-ring (bicyclic) bond motifs is 1. The molecular weight excluding hydrogens is 346 g/mol. The predicted octanol–water partition coefficient (Wildman–Crippen LogP) is 3.17. The molecule has 0 bridgehead atoms. The average Bonchev–Trinajstić information content (AvgIpc) is 3.17. The molecule has 2 N–H and O–H groups in total. The van der Waals surface area contributed by atoms with E-state index in [1.165, 1.54) is 11.3 Å². The van der Waals surface area contributed by atoms with Crippen molar-refractivity contribution in [2.45, 2.75) is 25.7 Å². The van der Waals surface area contributed by atoms with Crippen LogP contribution in [0.2, 0.25) is 0 Å². The molecule has 4 rings (SSSR count). The molecule has 2 aliphatic heterocycles. The number of carbonyl (C=O) groups is 2. The molecule has 0 spiro atoms. The Kier molecular flexibility index (Phi) is 4.68. The summed E-state index contributed by atoms with van der Waals surface area (Å²) in [4.78, 5) is 29.0. The summed E-state index contributed by atoms with van der Waals surface area (Å²) in [5.41, 5.74) is 8.00. The largest absolute Gasteiger partial charge is 0.369 e. The molecule has 1 fully saturated rings. The van der Waals surface area contributed by atoms with Gasteiger partial charge in [-0.25, -0.2) is 0 Å². The van der Waals surface area contributed by atoms with Gasteiger partial charge in [0.05, 0.1) is 9.88 Å². The lowest BCUT2D eigenvalue weighted by Gasteiger charge is -2.31. The van der Waals surface area contributed by atoms with E-state index in [-0.39, 0.29) is 17.7 Å². The number of piperidine rings is 1. The van der Waals surface area contributed by atoms with Gasteiger partial charge >= 0.3 is 0 Å². The van der Waals surface area contributed by atoms with Crippen LogP contribution in [0.15, 0.2) is 36.4 Å². The highest BCUT2D eigenvalue weighted by Gasteiger charge is 2.28. The van der Waals surface area contributed by atoms with Gasteiger partial charge in [0.25, 0.3) is 5.91 Å². The second kappa shape index (κ2) is 7.11. The first-order chi connectivity index (χ1) is 12.6. The van der Waals surface area contributed by atoms with E-state index in [1.807, 2.05) is 11.0 Å². The summed E-state index contributed by atoms with van der Waals surface area (Å²) >= 11 is 1.55. The number of rotatable bonds is 3. The Bertz CT molecular complexity index is 824. The first-order valence-electron chi connectivity index (χ1n) is 9.17. The third kappa shape index (κ3) is 3.21. The minimum absolute atomic E-state index is 0.0643. The summed E-state index contributed by atoms with van der Waals surface area (Å²) in [5.74, 6) is -0.281. The van der Waals surface area contributed by atoms with E-state index in [4.69, 9.17) is 5.73 Å². The van der Waals surface area contributed by atoms with E-state index in [0.717, 1.165) is 29.3 Å². The molecule has 2 aromatic rings. The first kappa shape index (κ1) is 17.1. The van der Waals surface area contributed by atoms with Crippen LogP contribution in [-0.2, 0) is 11.2 Å². The second-order valence-electron chi connectivity index (χ2n) is 6.99. The summed E-state index contributed by atoms with van der Waals surface area (Å²) < 4.78 is 0. The van der Waals surface area contributed by atoms with Crippen molar-refractivity contribution in [1.29, 1.82) is 0 Å². The first-order valence-corrected chi connectivity index (χ1v) is 9.99. The molecule has 0 radical (unpaired) electrons. The van der Waals surface area contributed by atoms with E-state index < -0.39 is 0 Å². The molecule has 1 aromatic heterocycles. The fourth-order valence-corrected chi connectivity index (χ4v) is 4.89. The third-order valence-corrected chi connectivity index (χ3v) is 6.46. The molecule has 6 heteroatoms. The summed E-state index contributed by atoms with van der Waals surface area (Å²) in [6, 6.07) is 12.5. The summed E-state index contributed by atoms with van der Waals surface area (Å²) in [6.07, 6.45) is 3.56. The standard InChI is InChI=1S/C20H23N3O2S/c21-19(24)15-9-12-22(13-10-15)20(25)17-7-8-18(26-17)23-11-3-5-14-4-1-2-6-16(14)23/h1-2,4,6-8,15H,3,5,9-13H2,(H2,21,24). The number of aryl methyl sites for hydroxylation is 1. The maximum absolute atomic E-state index is 12.8. The highest BCUT2D eigenvalue weighted by molar-refractivity contribution is 7.18. The van der Waals surface area contributed by atoms with Crippen molar-refractivity contribution in [3.8, 4) is 0 Å². The highest BCUT2D eigenvalue weighted by atomic mass is 32.1. The number of nitrogens with two attached hydrogens (primary N) is 1. The van der Waals surface area contributed by atoms with Crippen LogP contribution in [-0.4, -0.2) is 36.3 Å². The topological polar surface area (TPSA) is 66.6 Å². The van der Waals surface area contributed by atoms with Crippen molar-refractivity contribution in [1.82, 2.24) is 4.90 Å². The van der Waals surface area contributed by atoms with Gasteiger partial charge in [-0.2, -0.15) is 0 Å². The molecule has 0 unspecified atom stereocenters. The zero-order valence-corrected chi connectivity index (χ0v) is 15.5. The number of amides is 2. The number of benzene rings is 1. The molecule has 26 heavy (non-hydrogen) atoms. The number of nitrogens with zero attached hydrogens (tertiary/aromatic N) is 2. The molecule has 0 atom stereocenters. The lowest BCUT2D eigenvalue weighted by atomic mass is 9.96. The van der Waals surface area contributed by atoms with Crippen molar-refractivity contribution in [2.24, 2.45) is 11.7 Å². The van der Waals surface area contributed by atoms with Crippen LogP contribution in [0.1, 0.15) is 34.5 Å². The molecule has 0 saturated carbocycles. The lowest BCUT2D eigenvalue weighted by molar-refractivity contribution is -0.123.